The minimum Gasteiger partial charge on any atom is -0.295 e. The van der Waals surface area contributed by atoms with E-state index in [9.17, 15) is 4.79 Å². The van der Waals surface area contributed by atoms with Crippen molar-refractivity contribution in [2.24, 2.45) is 0 Å². The smallest absolute Gasteiger partial charge is 0.159 e. The molecule has 0 N–H and O–H groups in total. The molecule has 0 unspecified atom stereocenters. The van der Waals surface area contributed by atoms with Crippen LogP contribution in [0.3, 0.4) is 0 Å². The average molecular weight is 194 g/mol. The minimum atomic E-state index is 0.0716. The van der Waals surface area contributed by atoms with E-state index >= 15 is 0 Å². The van der Waals surface area contributed by atoms with Gasteiger partial charge in [-0.25, -0.2) is 9.78 Å². The average Bonchev–Trinajstić information content (AvgIpc) is 2.19. The molecule has 3 nitrogen and oxygen atoms in total. The van der Waals surface area contributed by atoms with Gasteiger partial charge in [0.2, 0.25) is 0 Å². The summed E-state index contributed by atoms with van der Waals surface area (Å²) in [7, 11) is 0. The Hall–Kier alpha value is -1.19. The molecule has 1 aromatic carbocycles. The predicted octanol–water partition coefficient (Wildman–Crippen LogP) is 2.36. The fraction of sp³-hybridized carbons (Fsp3) is 0.364. The van der Waals surface area contributed by atoms with E-state index in [1.165, 1.54) is 0 Å². The molecule has 3 heteroatoms. The van der Waals surface area contributed by atoms with Gasteiger partial charge in [0.1, 0.15) is 6.61 Å². The molecule has 0 aliphatic carbocycles. The van der Waals surface area contributed by atoms with Crippen molar-refractivity contribution >= 4 is 5.78 Å². The normalized spacial score (nSPS) is 10.1. The zero-order valence-corrected chi connectivity index (χ0v) is 8.45. The van der Waals surface area contributed by atoms with Gasteiger partial charge in [0, 0.05) is 5.56 Å². The van der Waals surface area contributed by atoms with Crippen molar-refractivity contribution in [2.75, 3.05) is 6.61 Å². The third-order valence-corrected chi connectivity index (χ3v) is 1.79. The fourth-order valence-electron chi connectivity index (χ4n) is 1.03. The van der Waals surface area contributed by atoms with Gasteiger partial charge < -0.3 is 0 Å². The van der Waals surface area contributed by atoms with Crippen LogP contribution in [0.1, 0.15) is 29.8 Å². The van der Waals surface area contributed by atoms with Crippen LogP contribution in [0, 0.1) is 0 Å². The van der Waals surface area contributed by atoms with Crippen molar-refractivity contribution in [1.82, 2.24) is 0 Å². The van der Waals surface area contributed by atoms with Gasteiger partial charge in [-0.3, -0.25) is 4.79 Å². The van der Waals surface area contributed by atoms with E-state index in [2.05, 4.69) is 0 Å². The molecular formula is C11H14O3. The lowest BCUT2D eigenvalue weighted by molar-refractivity contribution is -0.300. The number of carbonyl (C=O) groups is 1. The van der Waals surface area contributed by atoms with Crippen molar-refractivity contribution in [1.29, 1.82) is 0 Å². The molecule has 0 heterocycles. The Bertz CT molecular complexity index is 290. The van der Waals surface area contributed by atoms with Crippen LogP contribution in [0.4, 0.5) is 0 Å². The van der Waals surface area contributed by atoms with Crippen molar-refractivity contribution < 1.29 is 14.6 Å². The van der Waals surface area contributed by atoms with E-state index in [0.717, 1.165) is 5.56 Å². The lowest BCUT2D eigenvalue weighted by Crippen LogP contribution is -1.96. The zero-order chi connectivity index (χ0) is 10.4. The molecule has 0 spiro atoms. The molecule has 76 valence electrons. The summed E-state index contributed by atoms with van der Waals surface area (Å²) >= 11 is 0. The first-order valence-electron chi connectivity index (χ1n) is 4.58. The van der Waals surface area contributed by atoms with Crippen molar-refractivity contribution in [3.8, 4) is 0 Å². The molecule has 0 aromatic heterocycles. The van der Waals surface area contributed by atoms with E-state index in [-0.39, 0.29) is 5.78 Å². The highest BCUT2D eigenvalue weighted by Crippen LogP contribution is 2.06. The Balaban J connectivity index is 2.51. The van der Waals surface area contributed by atoms with E-state index < -0.39 is 0 Å². The number of ketones is 1. The maximum absolute atomic E-state index is 11.0. The zero-order valence-electron chi connectivity index (χ0n) is 8.45. The monoisotopic (exact) mass is 194 g/mol. The lowest BCUT2D eigenvalue weighted by Gasteiger charge is -2.02. The summed E-state index contributed by atoms with van der Waals surface area (Å²) in [5.41, 5.74) is 1.70. The quantitative estimate of drug-likeness (QED) is 0.312. The Morgan fingerprint density at radius 1 is 1.21 bits per heavy atom. The van der Waals surface area contributed by atoms with Gasteiger partial charge in [-0.2, -0.15) is 0 Å². The number of hydrogen-bond acceptors (Lipinski definition) is 3. The summed E-state index contributed by atoms with van der Waals surface area (Å²) in [4.78, 5) is 20.6. The molecule has 0 bridgehead atoms. The molecule has 0 aliphatic rings. The molecular weight excluding hydrogens is 180 g/mol. The Labute approximate surface area is 83.6 Å². The number of hydrogen-bond donors (Lipinski definition) is 0. The second-order valence-electron chi connectivity index (χ2n) is 2.92. The molecule has 14 heavy (non-hydrogen) atoms. The van der Waals surface area contributed by atoms with Gasteiger partial charge in [0.05, 0.1) is 6.61 Å². The second-order valence-corrected chi connectivity index (χ2v) is 2.92. The highest BCUT2D eigenvalue weighted by Gasteiger charge is 1.98. The molecule has 0 atom stereocenters. The van der Waals surface area contributed by atoms with Crippen LogP contribution in [0.2, 0.25) is 0 Å². The highest BCUT2D eigenvalue weighted by atomic mass is 17.2. The molecule has 0 amide bonds. The predicted molar refractivity (Wildman–Crippen MR) is 52.9 cm³/mol. The maximum atomic E-state index is 11.0. The summed E-state index contributed by atoms with van der Waals surface area (Å²) in [6, 6.07) is 7.28. The summed E-state index contributed by atoms with van der Waals surface area (Å²) < 4.78 is 0. The summed E-state index contributed by atoms with van der Waals surface area (Å²) in [6.45, 7) is 4.35. The molecule has 1 rings (SSSR count). The van der Waals surface area contributed by atoms with Gasteiger partial charge in [-0.1, -0.05) is 24.3 Å². The summed E-state index contributed by atoms with van der Waals surface area (Å²) in [6.07, 6.45) is 0. The topological polar surface area (TPSA) is 35.5 Å². The van der Waals surface area contributed by atoms with Crippen molar-refractivity contribution in [3.63, 3.8) is 0 Å². The first-order chi connectivity index (χ1) is 6.74. The Kier molecular flexibility index (Phi) is 4.29. The Morgan fingerprint density at radius 2 is 1.86 bits per heavy atom. The van der Waals surface area contributed by atoms with Crippen molar-refractivity contribution in [2.45, 2.75) is 20.5 Å². The molecule has 0 aliphatic heterocycles. The van der Waals surface area contributed by atoms with Crippen LogP contribution in [-0.4, -0.2) is 12.4 Å². The van der Waals surface area contributed by atoms with Gasteiger partial charge in [-0.15, -0.1) is 0 Å². The maximum Gasteiger partial charge on any atom is 0.159 e. The van der Waals surface area contributed by atoms with Gasteiger partial charge >= 0.3 is 0 Å². The third kappa shape index (κ3) is 3.28. The van der Waals surface area contributed by atoms with E-state index in [1.54, 1.807) is 19.1 Å². The first kappa shape index (κ1) is 10.9. The van der Waals surface area contributed by atoms with Crippen LogP contribution >= 0.6 is 0 Å². The van der Waals surface area contributed by atoms with Crippen LogP contribution in [0.5, 0.6) is 0 Å². The first-order valence-corrected chi connectivity index (χ1v) is 4.58. The van der Waals surface area contributed by atoms with Crippen molar-refractivity contribution in [3.05, 3.63) is 35.4 Å². The number of carbonyl (C=O) groups excluding carboxylic acids is 1. The molecule has 0 radical (unpaired) electrons. The Morgan fingerprint density at radius 3 is 2.36 bits per heavy atom. The van der Waals surface area contributed by atoms with Crippen LogP contribution < -0.4 is 0 Å². The second kappa shape index (κ2) is 5.52. The van der Waals surface area contributed by atoms with E-state index in [4.69, 9.17) is 9.78 Å². The largest absolute Gasteiger partial charge is 0.295 e. The van der Waals surface area contributed by atoms with Crippen LogP contribution in [0.25, 0.3) is 0 Å². The number of benzene rings is 1. The summed E-state index contributed by atoms with van der Waals surface area (Å²) in [5.74, 6) is 0.0716. The van der Waals surface area contributed by atoms with Crippen LogP contribution in [-0.2, 0) is 16.4 Å². The SMILES string of the molecule is CCOOCc1ccc(C(C)=O)cc1. The number of Topliss-reactive ketones (excluding diaryl/α,β-unsaturated/α-hetero) is 1. The summed E-state index contributed by atoms with van der Waals surface area (Å²) in [5, 5.41) is 0. The van der Waals surface area contributed by atoms with Gasteiger partial charge in [-0.05, 0) is 19.4 Å². The lowest BCUT2D eigenvalue weighted by atomic mass is 10.1. The number of rotatable bonds is 5. The molecule has 0 saturated heterocycles. The minimum absolute atomic E-state index is 0.0716. The van der Waals surface area contributed by atoms with Crippen LogP contribution in [0.15, 0.2) is 24.3 Å². The third-order valence-electron chi connectivity index (χ3n) is 1.79. The van der Waals surface area contributed by atoms with Gasteiger partial charge in [0.25, 0.3) is 0 Å². The molecule has 0 fully saturated rings. The van der Waals surface area contributed by atoms with Gasteiger partial charge in [0.15, 0.2) is 5.78 Å². The standard InChI is InChI=1S/C11H14O3/c1-3-13-14-8-10-4-6-11(7-5-10)9(2)12/h4-7H,3,8H2,1-2H3. The van der Waals surface area contributed by atoms with E-state index in [1.807, 2.05) is 19.1 Å². The fourth-order valence-corrected chi connectivity index (χ4v) is 1.03. The highest BCUT2D eigenvalue weighted by molar-refractivity contribution is 5.93. The molecule has 0 saturated carbocycles. The molecule has 1 aromatic rings. The van der Waals surface area contributed by atoms with E-state index in [0.29, 0.717) is 18.8 Å².